The zero-order chi connectivity index (χ0) is 19.4. The van der Waals surface area contributed by atoms with Crippen LogP contribution in [0.2, 0.25) is 0 Å². The van der Waals surface area contributed by atoms with Gasteiger partial charge >= 0.3 is 11.6 Å². The van der Waals surface area contributed by atoms with Crippen molar-refractivity contribution >= 4 is 27.4 Å². The topological polar surface area (TPSA) is 75.0 Å². The number of thiophene rings is 1. The van der Waals surface area contributed by atoms with E-state index in [1.165, 1.54) is 36.6 Å². The number of hydrogen-bond donors (Lipinski definition) is 0. The minimum atomic E-state index is -0.771. The Morgan fingerprint density at radius 2 is 2.07 bits per heavy atom. The maximum atomic E-state index is 13.8. The maximum Gasteiger partial charge on any atom is 0.375 e. The average molecular weight is 392 g/mol. The number of carbonyl (C=O) groups is 1. The molecule has 0 spiro atoms. The van der Waals surface area contributed by atoms with Gasteiger partial charge in [0.1, 0.15) is 18.2 Å². The lowest BCUT2D eigenvalue weighted by atomic mass is 10.0. The molecule has 0 fully saturated rings. The van der Waals surface area contributed by atoms with Crippen molar-refractivity contribution in [2.45, 2.75) is 6.92 Å². The molecule has 27 heavy (non-hydrogen) atoms. The van der Waals surface area contributed by atoms with Crippen LogP contribution in [0.3, 0.4) is 0 Å². The van der Waals surface area contributed by atoms with Crippen LogP contribution in [0.5, 0.6) is 5.75 Å². The molecule has 0 unspecified atom stereocenters. The van der Waals surface area contributed by atoms with Gasteiger partial charge < -0.3 is 18.6 Å². The molecule has 0 saturated carbocycles. The predicted octanol–water partition coefficient (Wildman–Crippen LogP) is 3.86. The largest absolute Gasteiger partial charge is 0.490 e. The van der Waals surface area contributed by atoms with Gasteiger partial charge in [0.05, 0.1) is 28.9 Å². The second kappa shape index (κ2) is 8.32. The molecule has 0 atom stereocenters. The van der Waals surface area contributed by atoms with Crippen molar-refractivity contribution in [2.75, 3.05) is 26.9 Å². The van der Waals surface area contributed by atoms with Crippen LogP contribution < -0.4 is 10.4 Å². The Balaban J connectivity index is 2.25. The van der Waals surface area contributed by atoms with Crippen molar-refractivity contribution in [3.8, 4) is 16.9 Å². The molecule has 3 rings (SSSR count). The molecule has 0 N–H and O–H groups in total. The SMILES string of the molecule is CCOC(=O)c1oc(=O)c2ccsc2c1-c1ccc(F)cc1OCCOC. The molecule has 0 radical (unpaired) electrons. The zero-order valence-electron chi connectivity index (χ0n) is 14.7. The summed E-state index contributed by atoms with van der Waals surface area (Å²) in [6.07, 6.45) is 0. The van der Waals surface area contributed by atoms with E-state index in [1.807, 2.05) is 0 Å². The predicted molar refractivity (Wildman–Crippen MR) is 99.1 cm³/mol. The molecule has 8 heteroatoms. The molecule has 0 saturated heterocycles. The highest BCUT2D eigenvalue weighted by Crippen LogP contribution is 2.39. The van der Waals surface area contributed by atoms with Crippen molar-refractivity contribution in [2.24, 2.45) is 0 Å². The highest BCUT2D eigenvalue weighted by Gasteiger charge is 2.25. The van der Waals surface area contributed by atoms with Gasteiger partial charge in [-0.05, 0) is 30.5 Å². The summed E-state index contributed by atoms with van der Waals surface area (Å²) in [4.78, 5) is 24.6. The third kappa shape index (κ3) is 3.86. The van der Waals surface area contributed by atoms with Crippen LogP contribution in [0, 0.1) is 5.82 Å². The van der Waals surface area contributed by atoms with Crippen LogP contribution in [-0.2, 0) is 9.47 Å². The third-order valence-electron chi connectivity index (χ3n) is 3.75. The van der Waals surface area contributed by atoms with Gasteiger partial charge in [0, 0.05) is 18.7 Å². The van der Waals surface area contributed by atoms with E-state index in [0.29, 0.717) is 27.8 Å². The Hall–Kier alpha value is -2.71. The molecule has 142 valence electrons. The number of rotatable bonds is 7. The first-order valence-electron chi connectivity index (χ1n) is 8.19. The minimum Gasteiger partial charge on any atom is -0.490 e. The lowest BCUT2D eigenvalue weighted by molar-refractivity contribution is 0.0487. The first-order chi connectivity index (χ1) is 13.1. The number of methoxy groups -OCH3 is 1. The first kappa shape index (κ1) is 19.1. The molecule has 2 heterocycles. The second-order valence-electron chi connectivity index (χ2n) is 5.46. The van der Waals surface area contributed by atoms with Gasteiger partial charge in [-0.2, -0.15) is 0 Å². The van der Waals surface area contributed by atoms with Crippen molar-refractivity contribution < 1.29 is 27.8 Å². The fourth-order valence-electron chi connectivity index (χ4n) is 2.61. The number of esters is 1. The molecule has 6 nitrogen and oxygen atoms in total. The Kier molecular flexibility index (Phi) is 5.88. The van der Waals surface area contributed by atoms with Crippen molar-refractivity contribution in [3.05, 3.63) is 51.6 Å². The van der Waals surface area contributed by atoms with E-state index in [-0.39, 0.29) is 24.7 Å². The zero-order valence-corrected chi connectivity index (χ0v) is 15.6. The highest BCUT2D eigenvalue weighted by atomic mass is 32.1. The minimum absolute atomic E-state index is 0.116. The lowest BCUT2D eigenvalue weighted by Gasteiger charge is -2.14. The quantitative estimate of drug-likeness (QED) is 0.449. The van der Waals surface area contributed by atoms with Gasteiger partial charge in [0.25, 0.3) is 0 Å². The number of hydrogen-bond acceptors (Lipinski definition) is 7. The van der Waals surface area contributed by atoms with Crippen molar-refractivity contribution in [1.29, 1.82) is 0 Å². The van der Waals surface area contributed by atoms with Gasteiger partial charge in [0.2, 0.25) is 5.76 Å². The Morgan fingerprint density at radius 3 is 2.81 bits per heavy atom. The standard InChI is InChI=1S/C19H17FO6S/c1-3-24-19(22)16-15(17-13(6-9-27-17)18(21)26-16)12-5-4-11(20)10-14(12)25-8-7-23-2/h4-6,9-10H,3,7-8H2,1-2H3. The van der Waals surface area contributed by atoms with Gasteiger partial charge in [-0.3, -0.25) is 0 Å². The molecular weight excluding hydrogens is 375 g/mol. The second-order valence-corrected chi connectivity index (χ2v) is 6.38. The van der Waals surface area contributed by atoms with Crippen LogP contribution in [0.1, 0.15) is 17.5 Å². The van der Waals surface area contributed by atoms with E-state index in [4.69, 9.17) is 18.6 Å². The van der Waals surface area contributed by atoms with Crippen molar-refractivity contribution in [3.63, 3.8) is 0 Å². The molecule has 0 aliphatic carbocycles. The van der Waals surface area contributed by atoms with E-state index in [2.05, 4.69) is 0 Å². The Labute approximate surface area is 158 Å². The summed E-state index contributed by atoms with van der Waals surface area (Å²) in [6.45, 7) is 2.26. The summed E-state index contributed by atoms with van der Waals surface area (Å²) in [6, 6.07) is 5.55. The van der Waals surface area contributed by atoms with E-state index >= 15 is 0 Å². The molecule has 3 aromatic rings. The molecule has 0 aliphatic heterocycles. The fraction of sp³-hybridized carbons (Fsp3) is 0.263. The number of fused-ring (bicyclic) bond motifs is 1. The van der Waals surface area contributed by atoms with E-state index in [9.17, 15) is 14.0 Å². The number of benzene rings is 1. The summed E-state index contributed by atoms with van der Waals surface area (Å²) in [5, 5.41) is 2.05. The summed E-state index contributed by atoms with van der Waals surface area (Å²) >= 11 is 1.27. The monoisotopic (exact) mass is 392 g/mol. The van der Waals surface area contributed by atoms with Crippen LogP contribution in [0.25, 0.3) is 21.2 Å². The molecule has 0 aliphatic rings. The van der Waals surface area contributed by atoms with Crippen LogP contribution in [-0.4, -0.2) is 32.9 Å². The van der Waals surface area contributed by atoms with Crippen molar-refractivity contribution in [1.82, 2.24) is 0 Å². The number of carbonyl (C=O) groups excluding carboxylic acids is 1. The summed E-state index contributed by atoms with van der Waals surface area (Å²) < 4.78 is 35.2. The van der Waals surface area contributed by atoms with Gasteiger partial charge in [-0.25, -0.2) is 14.0 Å². The summed E-state index contributed by atoms with van der Waals surface area (Å²) in [7, 11) is 1.52. The average Bonchev–Trinajstić information content (AvgIpc) is 3.13. The van der Waals surface area contributed by atoms with Gasteiger partial charge in [0.15, 0.2) is 0 Å². The Bertz CT molecular complexity index is 1020. The molecular formula is C19H17FO6S. The molecule has 0 amide bonds. The fourth-order valence-corrected chi connectivity index (χ4v) is 3.55. The van der Waals surface area contributed by atoms with E-state index in [1.54, 1.807) is 18.4 Å². The smallest absolute Gasteiger partial charge is 0.375 e. The number of halogens is 1. The molecule has 1 aromatic carbocycles. The maximum absolute atomic E-state index is 13.8. The van der Waals surface area contributed by atoms with Crippen LogP contribution >= 0.6 is 11.3 Å². The highest BCUT2D eigenvalue weighted by molar-refractivity contribution is 7.17. The van der Waals surface area contributed by atoms with Crippen LogP contribution in [0.4, 0.5) is 4.39 Å². The van der Waals surface area contributed by atoms with Crippen LogP contribution in [0.15, 0.2) is 38.9 Å². The normalized spacial score (nSPS) is 10.9. The van der Waals surface area contributed by atoms with E-state index < -0.39 is 17.4 Å². The Morgan fingerprint density at radius 1 is 1.26 bits per heavy atom. The molecule has 0 bridgehead atoms. The first-order valence-corrected chi connectivity index (χ1v) is 9.07. The lowest BCUT2D eigenvalue weighted by Crippen LogP contribution is -2.12. The number of ether oxygens (including phenoxy) is 3. The molecule has 2 aromatic heterocycles. The third-order valence-corrected chi connectivity index (χ3v) is 4.68. The van der Waals surface area contributed by atoms with Gasteiger partial charge in [-0.15, -0.1) is 11.3 Å². The summed E-state index contributed by atoms with van der Waals surface area (Å²) in [5.41, 5.74) is 0.124. The van der Waals surface area contributed by atoms with Gasteiger partial charge in [-0.1, -0.05) is 0 Å². The summed E-state index contributed by atoms with van der Waals surface area (Å²) in [5.74, 6) is -1.29. The van der Waals surface area contributed by atoms with E-state index in [0.717, 1.165) is 0 Å².